The molecule has 0 aromatic rings. The second kappa shape index (κ2) is 13.4. The molecule has 0 amide bonds. The molecule has 268 valence electrons. The van der Waals surface area contributed by atoms with E-state index in [1.165, 1.54) is 7.11 Å². The van der Waals surface area contributed by atoms with E-state index >= 15 is 0 Å². The minimum atomic E-state index is -4.95. The molecule has 0 radical (unpaired) electrons. The summed E-state index contributed by atoms with van der Waals surface area (Å²) in [6.07, 6.45) is -0.516. The van der Waals surface area contributed by atoms with E-state index in [0.29, 0.717) is 25.7 Å². The van der Waals surface area contributed by atoms with Crippen LogP contribution >= 0.6 is 0 Å². The van der Waals surface area contributed by atoms with E-state index in [1.54, 1.807) is 0 Å². The van der Waals surface area contributed by atoms with Crippen LogP contribution in [-0.4, -0.2) is 107 Å². The Bertz CT molecular complexity index is 1170. The molecule has 4 saturated carbocycles. The van der Waals surface area contributed by atoms with Crippen LogP contribution in [0.3, 0.4) is 0 Å². The Labute approximate surface area is 274 Å². The molecular weight excluding hydrogens is 620 g/mol. The van der Waals surface area contributed by atoms with Crippen molar-refractivity contribution >= 4 is 10.4 Å². The summed E-state index contributed by atoms with van der Waals surface area (Å²) in [6.45, 7) is 10.00. The molecule has 5 N–H and O–H groups in total. The van der Waals surface area contributed by atoms with Crippen molar-refractivity contribution in [3.63, 3.8) is 0 Å². The summed E-state index contributed by atoms with van der Waals surface area (Å²) in [6, 6.07) is 0. The first kappa shape index (κ1) is 36.8. The fourth-order valence-corrected chi connectivity index (χ4v) is 11.5. The van der Waals surface area contributed by atoms with Gasteiger partial charge < -0.3 is 44.3 Å². The Morgan fingerprint density at radius 2 is 1.65 bits per heavy atom. The molecule has 46 heavy (non-hydrogen) atoms. The maximum Gasteiger partial charge on any atom is 0.217 e. The van der Waals surface area contributed by atoms with Crippen molar-refractivity contribution < 1.29 is 56.9 Å². The van der Waals surface area contributed by atoms with Gasteiger partial charge in [-0.15, -0.1) is 0 Å². The molecular formula is C33H57O12S-. The van der Waals surface area contributed by atoms with Gasteiger partial charge in [0.05, 0.1) is 36.6 Å². The Kier molecular flexibility index (Phi) is 10.7. The van der Waals surface area contributed by atoms with Crippen LogP contribution in [0.2, 0.25) is 0 Å². The van der Waals surface area contributed by atoms with E-state index in [4.69, 9.17) is 14.2 Å². The monoisotopic (exact) mass is 677 g/mol. The lowest BCUT2D eigenvalue weighted by Crippen LogP contribution is -2.68. The van der Waals surface area contributed by atoms with Crippen molar-refractivity contribution in [1.29, 1.82) is 0 Å². The Morgan fingerprint density at radius 1 is 0.978 bits per heavy atom. The van der Waals surface area contributed by atoms with Crippen LogP contribution in [0.4, 0.5) is 0 Å². The van der Waals surface area contributed by atoms with Gasteiger partial charge in [-0.1, -0.05) is 34.6 Å². The second-order valence-corrected chi connectivity index (χ2v) is 17.2. The fraction of sp³-hybridized carbons (Fsp3) is 1.00. The minimum Gasteiger partial charge on any atom is -0.726 e. The summed E-state index contributed by atoms with van der Waals surface area (Å²) >= 11 is 0. The van der Waals surface area contributed by atoms with Gasteiger partial charge in [-0.05, 0) is 91.8 Å². The standard InChI is InChI=1S/C33H58O12S/c1-17(2)24(44-30-27(37)28(42-6)25(45-30)16-43-46(39,40)41)8-7-18(3)20-14-22(35)29-32(20,5)12-10-26-31(4)11-9-19(34)13-21(31)23(36)15-33(26,29)38/h17-30,34-38H,7-16H2,1-6H3,(H,39,40,41)/p-1/t18-,19+,20?,21-,22+,23+,24+,25?,26?,27?,28?,29?,30?,31+,32-,33+/m1/s1. The summed E-state index contributed by atoms with van der Waals surface area (Å²) in [5, 5.41) is 56.8. The first-order valence-corrected chi connectivity index (χ1v) is 18.6. The molecule has 0 bridgehead atoms. The lowest BCUT2D eigenvalue weighted by molar-refractivity contribution is -0.263. The van der Waals surface area contributed by atoms with E-state index in [9.17, 15) is 38.5 Å². The van der Waals surface area contributed by atoms with E-state index in [-0.39, 0.29) is 58.9 Å². The summed E-state index contributed by atoms with van der Waals surface area (Å²) in [5.41, 5.74) is -1.79. The predicted molar refractivity (Wildman–Crippen MR) is 165 cm³/mol. The summed E-state index contributed by atoms with van der Waals surface area (Å²) in [4.78, 5) is 0. The van der Waals surface area contributed by atoms with Crippen LogP contribution in [0, 0.1) is 46.3 Å². The van der Waals surface area contributed by atoms with Gasteiger partial charge in [0.25, 0.3) is 0 Å². The zero-order valence-electron chi connectivity index (χ0n) is 28.2. The van der Waals surface area contributed by atoms with Crippen molar-refractivity contribution in [1.82, 2.24) is 0 Å². The van der Waals surface area contributed by atoms with Gasteiger partial charge in [0.15, 0.2) is 6.29 Å². The highest BCUT2D eigenvalue weighted by molar-refractivity contribution is 7.80. The third-order valence-corrected chi connectivity index (χ3v) is 13.7. The van der Waals surface area contributed by atoms with Crippen LogP contribution in [0.5, 0.6) is 0 Å². The average molecular weight is 678 g/mol. The highest BCUT2D eigenvalue weighted by atomic mass is 32.3. The smallest absolute Gasteiger partial charge is 0.217 e. The Balaban J connectivity index is 1.26. The van der Waals surface area contributed by atoms with Crippen LogP contribution < -0.4 is 0 Å². The number of hydrogen-bond donors (Lipinski definition) is 5. The molecule has 5 rings (SSSR count). The average Bonchev–Trinajstić information content (AvgIpc) is 3.41. The van der Waals surface area contributed by atoms with Gasteiger partial charge in [0.1, 0.15) is 18.3 Å². The van der Waals surface area contributed by atoms with Crippen LogP contribution in [0.1, 0.15) is 92.4 Å². The van der Waals surface area contributed by atoms with Gasteiger partial charge in [0.2, 0.25) is 10.4 Å². The highest BCUT2D eigenvalue weighted by Gasteiger charge is 2.70. The van der Waals surface area contributed by atoms with Crippen molar-refractivity contribution in [2.24, 2.45) is 46.3 Å². The molecule has 0 aromatic heterocycles. The fourth-order valence-electron chi connectivity index (χ4n) is 11.2. The minimum absolute atomic E-state index is 0.0434. The molecule has 12 nitrogen and oxygen atoms in total. The maximum atomic E-state index is 12.5. The normalized spacial score (nSPS) is 48.9. The Hall–Kier alpha value is -0.450. The zero-order chi connectivity index (χ0) is 34.0. The molecule has 1 saturated heterocycles. The largest absolute Gasteiger partial charge is 0.726 e. The third-order valence-electron chi connectivity index (χ3n) is 13.3. The first-order chi connectivity index (χ1) is 21.4. The summed E-state index contributed by atoms with van der Waals surface area (Å²) in [5.74, 6) is -0.0767. The molecule has 16 atom stereocenters. The number of fused-ring (bicyclic) bond motifs is 5. The molecule has 4 aliphatic carbocycles. The van der Waals surface area contributed by atoms with Crippen molar-refractivity contribution in [2.45, 2.75) is 147 Å². The van der Waals surface area contributed by atoms with E-state index < -0.39 is 65.5 Å². The maximum absolute atomic E-state index is 12.5. The van der Waals surface area contributed by atoms with Crippen LogP contribution in [0.25, 0.3) is 0 Å². The van der Waals surface area contributed by atoms with E-state index in [1.807, 2.05) is 13.8 Å². The van der Waals surface area contributed by atoms with Crippen molar-refractivity contribution in [3.05, 3.63) is 0 Å². The lowest BCUT2D eigenvalue weighted by atomic mass is 9.42. The zero-order valence-corrected chi connectivity index (χ0v) is 29.0. The van der Waals surface area contributed by atoms with Crippen LogP contribution in [-0.2, 0) is 28.8 Å². The van der Waals surface area contributed by atoms with Gasteiger partial charge in [-0.3, -0.25) is 4.18 Å². The number of aliphatic hydroxyl groups is 5. The van der Waals surface area contributed by atoms with Gasteiger partial charge in [0, 0.05) is 19.4 Å². The Morgan fingerprint density at radius 3 is 2.28 bits per heavy atom. The predicted octanol–water partition coefficient (Wildman–Crippen LogP) is 2.10. The number of ether oxygens (including phenoxy) is 3. The quantitative estimate of drug-likeness (QED) is 0.158. The lowest BCUT2D eigenvalue weighted by Gasteiger charge is -2.66. The first-order valence-electron chi connectivity index (χ1n) is 17.2. The van der Waals surface area contributed by atoms with Crippen molar-refractivity contribution in [3.8, 4) is 0 Å². The van der Waals surface area contributed by atoms with Gasteiger partial charge >= 0.3 is 0 Å². The summed E-state index contributed by atoms with van der Waals surface area (Å²) in [7, 11) is -3.60. The second-order valence-electron chi connectivity index (χ2n) is 16.2. The third kappa shape index (κ3) is 6.57. The van der Waals surface area contributed by atoms with E-state index in [0.717, 1.165) is 25.7 Å². The summed E-state index contributed by atoms with van der Waals surface area (Å²) < 4.78 is 54.6. The molecule has 0 aromatic carbocycles. The number of hydrogen-bond acceptors (Lipinski definition) is 12. The number of aliphatic hydroxyl groups excluding tert-OH is 4. The highest BCUT2D eigenvalue weighted by Crippen LogP contribution is 2.69. The van der Waals surface area contributed by atoms with Gasteiger partial charge in [-0.25, -0.2) is 8.42 Å². The molecule has 1 aliphatic heterocycles. The van der Waals surface area contributed by atoms with Gasteiger partial charge in [-0.2, -0.15) is 0 Å². The van der Waals surface area contributed by atoms with Crippen molar-refractivity contribution in [2.75, 3.05) is 13.7 Å². The van der Waals surface area contributed by atoms with E-state index in [2.05, 4.69) is 25.0 Å². The molecule has 5 fully saturated rings. The molecule has 1 heterocycles. The number of rotatable bonds is 11. The SMILES string of the molecule is COC1C(COS(=O)(=O)[O-])OC(O[C@@H](CC[C@@H](C)C2C[C@H](O)C3[C@]2(C)CCC2[C@@]3(O)C[C@H](O)[C@H]3C[C@@H](O)CC[C@]23C)C(C)C)C1O. The molecule has 5 aliphatic rings. The molecule has 0 spiro atoms. The topological polar surface area (TPSA) is 195 Å². The number of methoxy groups -OCH3 is 1. The molecule has 13 heteroatoms. The molecule has 7 unspecified atom stereocenters. The van der Waals surface area contributed by atoms with Crippen LogP contribution in [0.15, 0.2) is 0 Å².